The second-order valence-corrected chi connectivity index (χ2v) is 4.33. The minimum atomic E-state index is -0.482. The van der Waals surface area contributed by atoms with Crippen molar-refractivity contribution in [2.45, 2.75) is 0 Å². The average molecular weight is 264 g/mol. The van der Waals surface area contributed by atoms with E-state index >= 15 is 0 Å². The van der Waals surface area contributed by atoms with Crippen molar-refractivity contribution in [3.8, 4) is 0 Å². The average Bonchev–Trinajstić information content (AvgIpc) is 2.36. The first-order chi connectivity index (χ1) is 9.02. The minimum Gasteiger partial charge on any atom is -0.366 e. The van der Waals surface area contributed by atoms with Crippen molar-refractivity contribution in [1.82, 2.24) is 10.2 Å². The van der Waals surface area contributed by atoms with Crippen LogP contribution in [0.5, 0.6) is 0 Å². The fraction of sp³-hybridized carbons (Fsp3) is 0.385. The fourth-order valence-electron chi connectivity index (χ4n) is 1.55. The molecule has 19 heavy (non-hydrogen) atoms. The zero-order valence-electron chi connectivity index (χ0n) is 11.3. The number of amides is 2. The monoisotopic (exact) mass is 264 g/mol. The Morgan fingerprint density at radius 2 is 1.89 bits per heavy atom. The van der Waals surface area contributed by atoms with E-state index in [1.807, 2.05) is 19.0 Å². The zero-order chi connectivity index (χ0) is 14.3. The maximum absolute atomic E-state index is 11.7. The first-order valence-corrected chi connectivity index (χ1v) is 6.06. The number of nitrogens with two attached hydrogens (primary N) is 1. The van der Waals surface area contributed by atoms with Gasteiger partial charge >= 0.3 is 0 Å². The van der Waals surface area contributed by atoms with E-state index in [1.54, 1.807) is 24.3 Å². The standard InChI is InChI=1S/C13H20N4O2/c1-15-7-8-17(2)9-12(18)16-11-5-3-10(4-6-11)13(14)19/h3-6,15H,7-9H2,1-2H3,(H2,14,19)(H,16,18). The highest BCUT2D eigenvalue weighted by Gasteiger charge is 2.07. The molecule has 0 bridgehead atoms. The second kappa shape index (κ2) is 7.50. The number of carbonyl (C=O) groups excluding carboxylic acids is 2. The number of hydrogen-bond donors (Lipinski definition) is 3. The van der Waals surface area contributed by atoms with Gasteiger partial charge in [-0.15, -0.1) is 0 Å². The van der Waals surface area contributed by atoms with Gasteiger partial charge in [0.1, 0.15) is 0 Å². The second-order valence-electron chi connectivity index (χ2n) is 4.33. The molecule has 0 aliphatic heterocycles. The molecule has 104 valence electrons. The minimum absolute atomic E-state index is 0.0922. The summed E-state index contributed by atoms with van der Waals surface area (Å²) in [7, 11) is 3.75. The predicted octanol–water partition coefficient (Wildman–Crippen LogP) is -0.125. The summed E-state index contributed by atoms with van der Waals surface area (Å²) in [5.74, 6) is -0.574. The SMILES string of the molecule is CNCCN(C)CC(=O)Nc1ccc(C(N)=O)cc1. The smallest absolute Gasteiger partial charge is 0.248 e. The van der Waals surface area contributed by atoms with E-state index < -0.39 is 5.91 Å². The summed E-state index contributed by atoms with van der Waals surface area (Å²) in [4.78, 5) is 24.6. The summed E-state index contributed by atoms with van der Waals surface area (Å²) in [6.07, 6.45) is 0. The van der Waals surface area contributed by atoms with Crippen LogP contribution in [0.25, 0.3) is 0 Å². The lowest BCUT2D eigenvalue weighted by Gasteiger charge is -2.15. The molecule has 0 unspecified atom stereocenters. The van der Waals surface area contributed by atoms with Crippen molar-refractivity contribution in [2.75, 3.05) is 39.0 Å². The summed E-state index contributed by atoms with van der Waals surface area (Å²) in [5, 5.41) is 5.78. The van der Waals surface area contributed by atoms with Crippen LogP contribution in [0.2, 0.25) is 0 Å². The van der Waals surface area contributed by atoms with E-state index in [9.17, 15) is 9.59 Å². The van der Waals surface area contributed by atoms with Gasteiger partial charge in [-0.25, -0.2) is 0 Å². The number of hydrogen-bond acceptors (Lipinski definition) is 4. The Labute approximate surface area is 113 Å². The number of likely N-dealkylation sites (N-methyl/N-ethyl adjacent to an activating group) is 2. The molecule has 4 N–H and O–H groups in total. The van der Waals surface area contributed by atoms with Crippen LogP contribution >= 0.6 is 0 Å². The third-order valence-electron chi connectivity index (χ3n) is 2.61. The number of carbonyl (C=O) groups is 2. The van der Waals surface area contributed by atoms with Crippen LogP contribution in [0.1, 0.15) is 10.4 Å². The van der Waals surface area contributed by atoms with Crippen LogP contribution in [0.4, 0.5) is 5.69 Å². The van der Waals surface area contributed by atoms with Crippen LogP contribution in [0.15, 0.2) is 24.3 Å². The lowest BCUT2D eigenvalue weighted by atomic mass is 10.2. The van der Waals surface area contributed by atoms with Gasteiger partial charge in [-0.05, 0) is 38.4 Å². The highest BCUT2D eigenvalue weighted by molar-refractivity contribution is 5.95. The van der Waals surface area contributed by atoms with Crippen molar-refractivity contribution in [3.05, 3.63) is 29.8 Å². The van der Waals surface area contributed by atoms with Crippen LogP contribution < -0.4 is 16.4 Å². The molecule has 0 saturated carbocycles. The Kier molecular flexibility index (Phi) is 5.98. The molecular weight excluding hydrogens is 244 g/mol. The van der Waals surface area contributed by atoms with Gasteiger partial charge in [0, 0.05) is 24.3 Å². The van der Waals surface area contributed by atoms with E-state index in [2.05, 4.69) is 10.6 Å². The molecule has 0 spiro atoms. The van der Waals surface area contributed by atoms with Gasteiger partial charge in [0.25, 0.3) is 0 Å². The Bertz CT molecular complexity index is 431. The molecule has 1 aromatic rings. The molecule has 0 saturated heterocycles. The number of nitrogens with one attached hydrogen (secondary N) is 2. The largest absolute Gasteiger partial charge is 0.366 e. The summed E-state index contributed by atoms with van der Waals surface area (Å²) >= 11 is 0. The Hall–Kier alpha value is -1.92. The molecule has 1 aromatic carbocycles. The van der Waals surface area contributed by atoms with Crippen LogP contribution in [-0.2, 0) is 4.79 Å². The molecule has 0 aliphatic carbocycles. The van der Waals surface area contributed by atoms with Crippen LogP contribution in [0, 0.1) is 0 Å². The van der Waals surface area contributed by atoms with Gasteiger partial charge in [0.05, 0.1) is 6.54 Å². The first-order valence-electron chi connectivity index (χ1n) is 6.06. The van der Waals surface area contributed by atoms with E-state index in [1.165, 1.54) is 0 Å². The summed E-state index contributed by atoms with van der Waals surface area (Å²) in [5.41, 5.74) is 6.21. The van der Waals surface area contributed by atoms with Gasteiger partial charge < -0.3 is 16.4 Å². The van der Waals surface area contributed by atoms with Crippen LogP contribution in [-0.4, -0.2) is 50.4 Å². The number of nitrogens with zero attached hydrogens (tertiary/aromatic N) is 1. The van der Waals surface area contributed by atoms with Crippen molar-refractivity contribution in [3.63, 3.8) is 0 Å². The molecule has 0 atom stereocenters. The highest BCUT2D eigenvalue weighted by Crippen LogP contribution is 2.08. The third kappa shape index (κ3) is 5.50. The van der Waals surface area contributed by atoms with Crippen molar-refractivity contribution in [1.29, 1.82) is 0 Å². The maximum atomic E-state index is 11.7. The molecule has 0 aromatic heterocycles. The van der Waals surface area contributed by atoms with Crippen LogP contribution in [0.3, 0.4) is 0 Å². The number of benzene rings is 1. The molecule has 2 amide bonds. The quantitative estimate of drug-likeness (QED) is 0.640. The zero-order valence-corrected chi connectivity index (χ0v) is 11.3. The van der Waals surface area contributed by atoms with Gasteiger partial charge in [-0.2, -0.15) is 0 Å². The van der Waals surface area contributed by atoms with Crippen molar-refractivity contribution in [2.24, 2.45) is 5.73 Å². The fourth-order valence-corrected chi connectivity index (χ4v) is 1.55. The molecule has 6 nitrogen and oxygen atoms in total. The maximum Gasteiger partial charge on any atom is 0.248 e. The molecule has 0 radical (unpaired) electrons. The third-order valence-corrected chi connectivity index (χ3v) is 2.61. The summed E-state index contributed by atoms with van der Waals surface area (Å²) in [6, 6.07) is 6.49. The van der Waals surface area contributed by atoms with Gasteiger partial charge in [-0.3, -0.25) is 14.5 Å². The molecule has 0 aliphatic rings. The molecule has 0 fully saturated rings. The molecular formula is C13H20N4O2. The van der Waals surface area contributed by atoms with E-state index in [0.29, 0.717) is 17.8 Å². The molecule has 1 rings (SSSR count). The normalized spacial score (nSPS) is 10.5. The Morgan fingerprint density at radius 3 is 2.42 bits per heavy atom. The topological polar surface area (TPSA) is 87.5 Å². The van der Waals surface area contributed by atoms with E-state index in [-0.39, 0.29) is 5.91 Å². The van der Waals surface area contributed by atoms with E-state index in [4.69, 9.17) is 5.73 Å². The summed E-state index contributed by atoms with van der Waals surface area (Å²) in [6.45, 7) is 1.95. The van der Waals surface area contributed by atoms with Crippen molar-refractivity contribution < 1.29 is 9.59 Å². The number of primary amides is 1. The summed E-state index contributed by atoms with van der Waals surface area (Å²) < 4.78 is 0. The van der Waals surface area contributed by atoms with E-state index in [0.717, 1.165) is 13.1 Å². The Morgan fingerprint density at radius 1 is 1.26 bits per heavy atom. The molecule has 0 heterocycles. The van der Waals surface area contributed by atoms with Gasteiger partial charge in [-0.1, -0.05) is 0 Å². The first kappa shape index (κ1) is 15.1. The lowest BCUT2D eigenvalue weighted by Crippen LogP contribution is -2.34. The molecule has 6 heteroatoms. The number of anilines is 1. The number of rotatable bonds is 7. The van der Waals surface area contributed by atoms with Gasteiger partial charge in [0.2, 0.25) is 11.8 Å². The predicted molar refractivity (Wildman–Crippen MR) is 75.0 cm³/mol. The highest BCUT2D eigenvalue weighted by atomic mass is 16.2. The van der Waals surface area contributed by atoms with Crippen molar-refractivity contribution >= 4 is 17.5 Å². The van der Waals surface area contributed by atoms with Gasteiger partial charge in [0.15, 0.2) is 0 Å². The Balaban J connectivity index is 2.45. The lowest BCUT2D eigenvalue weighted by molar-refractivity contribution is -0.117.